The molecule has 0 heterocycles. The summed E-state index contributed by atoms with van der Waals surface area (Å²) in [7, 11) is 0. The van der Waals surface area contributed by atoms with E-state index in [9.17, 15) is 13.6 Å². The Morgan fingerprint density at radius 2 is 1.79 bits per heavy atom. The molecule has 2 aromatic rings. The number of anilines is 2. The molecule has 0 aliphatic rings. The van der Waals surface area contributed by atoms with Gasteiger partial charge in [-0.05, 0) is 43.2 Å². The maximum Gasteiger partial charge on any atom is 0.340 e. The monoisotopic (exact) mass is 335 g/mol. The van der Waals surface area contributed by atoms with Gasteiger partial charge in [0.2, 0.25) is 0 Å². The molecule has 0 unspecified atom stereocenters. The summed E-state index contributed by atoms with van der Waals surface area (Å²) in [5, 5.41) is 3.17. The lowest BCUT2D eigenvalue weighted by atomic mass is 10.1. The van der Waals surface area contributed by atoms with Crippen LogP contribution in [0.5, 0.6) is 0 Å². The van der Waals surface area contributed by atoms with Gasteiger partial charge in [-0.15, -0.1) is 0 Å². The summed E-state index contributed by atoms with van der Waals surface area (Å²) in [6.45, 7) is 2.35. The van der Waals surface area contributed by atoms with Crippen molar-refractivity contribution in [3.63, 3.8) is 0 Å². The van der Waals surface area contributed by atoms with Crippen LogP contribution in [0.1, 0.15) is 21.5 Å². The third-order valence-corrected chi connectivity index (χ3v) is 3.80. The first kappa shape index (κ1) is 17.9. The van der Waals surface area contributed by atoms with Crippen LogP contribution >= 0.6 is 0 Å². The number of nitrogens with one attached hydrogen (secondary N) is 1. The quantitative estimate of drug-likeness (QED) is 0.797. The zero-order valence-corrected chi connectivity index (χ0v) is 13.7. The van der Waals surface area contributed by atoms with Crippen LogP contribution < -0.4 is 11.1 Å². The lowest BCUT2D eigenvalue weighted by Gasteiger charge is -2.16. The fraction of sp³-hybridized carbons (Fsp3) is 0.278. The molecule has 0 bridgehead atoms. The molecule has 0 aliphatic carbocycles. The molecule has 0 amide bonds. The van der Waals surface area contributed by atoms with Crippen molar-refractivity contribution in [3.8, 4) is 0 Å². The topological polar surface area (TPSA) is 66.0 Å². The number of benzene rings is 2. The molecule has 2 rings (SSSR count). The Bertz CT molecular complexity index is 733. The van der Waals surface area contributed by atoms with Crippen LogP contribution in [0, 0.1) is 13.8 Å². The van der Waals surface area contributed by atoms with E-state index in [2.05, 4.69) is 11.1 Å². The molecule has 0 saturated heterocycles. The van der Waals surface area contributed by atoms with Gasteiger partial charge in [-0.2, -0.15) is 8.78 Å². The molecular weight excluding hydrogens is 314 g/mol. The van der Waals surface area contributed by atoms with Crippen molar-refractivity contribution in [1.82, 2.24) is 0 Å². The van der Waals surface area contributed by atoms with Crippen LogP contribution in [0.4, 0.5) is 20.2 Å². The lowest BCUT2D eigenvalue weighted by Crippen LogP contribution is -2.59. The molecule has 0 radical (unpaired) electrons. The summed E-state index contributed by atoms with van der Waals surface area (Å²) >= 11 is 0. The number of halogens is 2. The summed E-state index contributed by atoms with van der Waals surface area (Å²) in [5.41, 5.74) is 6.86. The summed E-state index contributed by atoms with van der Waals surface area (Å²) < 4.78 is 31.2. The van der Waals surface area contributed by atoms with Crippen LogP contribution in [-0.2, 0) is 4.74 Å². The average Bonchev–Trinajstić information content (AvgIpc) is 2.57. The molecule has 4 N–H and O–H groups in total. The number of ether oxygens (including phenoxy) is 1. The summed E-state index contributed by atoms with van der Waals surface area (Å²) in [4.78, 5) is 12.2. The molecule has 2 aromatic carbocycles. The number of rotatable bonds is 6. The third-order valence-electron chi connectivity index (χ3n) is 3.80. The van der Waals surface area contributed by atoms with Gasteiger partial charge in [0, 0.05) is 5.69 Å². The smallest absolute Gasteiger partial charge is 0.340 e. The van der Waals surface area contributed by atoms with Gasteiger partial charge in [0.15, 0.2) is 6.61 Å². The van der Waals surface area contributed by atoms with Crippen molar-refractivity contribution in [3.05, 3.63) is 59.2 Å². The number of carbonyl (C=O) groups excluding carboxylic acids is 1. The lowest BCUT2D eigenvalue weighted by molar-refractivity contribution is -0.408. The number of hydrogen-bond donors (Lipinski definition) is 2. The van der Waals surface area contributed by atoms with Gasteiger partial charge in [0.1, 0.15) is 6.54 Å². The molecule has 0 fully saturated rings. The molecule has 0 spiro atoms. The Morgan fingerprint density at radius 1 is 1.12 bits per heavy atom. The highest BCUT2D eigenvalue weighted by Crippen LogP contribution is 2.26. The molecule has 128 valence electrons. The van der Waals surface area contributed by atoms with E-state index in [1.807, 2.05) is 32.0 Å². The van der Waals surface area contributed by atoms with Crippen molar-refractivity contribution in [1.29, 1.82) is 0 Å². The van der Waals surface area contributed by atoms with E-state index in [-0.39, 0.29) is 5.56 Å². The molecule has 6 heteroatoms. The predicted molar refractivity (Wildman–Crippen MR) is 88.6 cm³/mol. The molecule has 4 nitrogen and oxygen atoms in total. The Labute approximate surface area is 139 Å². The molecule has 24 heavy (non-hydrogen) atoms. The predicted octanol–water partition coefficient (Wildman–Crippen LogP) is 3.08. The maximum absolute atomic E-state index is 13.2. The van der Waals surface area contributed by atoms with E-state index in [0.29, 0.717) is 5.69 Å². The zero-order chi connectivity index (χ0) is 17.7. The highest BCUT2D eigenvalue weighted by Gasteiger charge is 2.32. The Balaban J connectivity index is 2.21. The van der Waals surface area contributed by atoms with Gasteiger partial charge < -0.3 is 15.8 Å². The second kappa shape index (κ2) is 7.40. The zero-order valence-electron chi connectivity index (χ0n) is 13.7. The van der Waals surface area contributed by atoms with Gasteiger partial charge >= 0.3 is 11.9 Å². The van der Waals surface area contributed by atoms with Crippen LogP contribution in [-0.4, -0.2) is 25.0 Å². The fourth-order valence-corrected chi connectivity index (χ4v) is 2.12. The van der Waals surface area contributed by atoms with Crippen molar-refractivity contribution in [2.45, 2.75) is 19.8 Å². The summed E-state index contributed by atoms with van der Waals surface area (Å²) in [5.74, 6) is -3.91. The van der Waals surface area contributed by atoms with E-state index in [1.165, 1.54) is 6.07 Å². The minimum absolute atomic E-state index is 0.207. The molecular formula is C18H21F2N2O2+. The van der Waals surface area contributed by atoms with Gasteiger partial charge in [-0.25, -0.2) is 4.79 Å². The van der Waals surface area contributed by atoms with Crippen molar-refractivity contribution in [2.75, 3.05) is 18.5 Å². The SMILES string of the molecule is Cc1cccc(Nc2ccccc2C(=O)OCC(F)(F)C[NH3+])c1C. The number of hydrogen-bond acceptors (Lipinski definition) is 3. The van der Waals surface area contributed by atoms with Crippen LogP contribution in [0.3, 0.4) is 0 Å². The first-order chi connectivity index (χ1) is 11.3. The van der Waals surface area contributed by atoms with Gasteiger partial charge in [-0.1, -0.05) is 24.3 Å². The van der Waals surface area contributed by atoms with Crippen molar-refractivity contribution < 1.29 is 24.0 Å². The highest BCUT2D eigenvalue weighted by atomic mass is 19.3. The minimum Gasteiger partial charge on any atom is -0.455 e. The van der Waals surface area contributed by atoms with E-state index >= 15 is 0 Å². The molecule has 0 aliphatic heterocycles. The van der Waals surface area contributed by atoms with Crippen molar-refractivity contribution >= 4 is 17.3 Å². The second-order valence-electron chi connectivity index (χ2n) is 5.60. The molecule has 0 saturated carbocycles. The third kappa shape index (κ3) is 4.29. The standard InChI is InChI=1S/C18H20F2N2O2/c1-12-6-5-9-15(13(12)2)22-16-8-4-3-7-14(16)17(23)24-11-18(19,20)10-21/h3-9,22H,10-11,21H2,1-2H3/p+1. The Kier molecular flexibility index (Phi) is 5.51. The van der Waals surface area contributed by atoms with E-state index < -0.39 is 25.0 Å². The average molecular weight is 335 g/mol. The van der Waals surface area contributed by atoms with Crippen LogP contribution in [0.15, 0.2) is 42.5 Å². The number of para-hydroxylation sites is 1. The second-order valence-corrected chi connectivity index (χ2v) is 5.60. The van der Waals surface area contributed by atoms with E-state index in [4.69, 9.17) is 4.74 Å². The number of esters is 1. The number of alkyl halides is 2. The largest absolute Gasteiger partial charge is 0.455 e. The maximum atomic E-state index is 13.2. The Morgan fingerprint density at radius 3 is 2.50 bits per heavy atom. The number of carbonyl (C=O) groups is 1. The normalized spacial score (nSPS) is 11.2. The molecule has 0 atom stereocenters. The number of aryl methyl sites for hydroxylation is 1. The summed E-state index contributed by atoms with van der Waals surface area (Å²) in [6, 6.07) is 12.4. The Hall–Kier alpha value is -2.47. The van der Waals surface area contributed by atoms with Crippen LogP contribution in [0.2, 0.25) is 0 Å². The van der Waals surface area contributed by atoms with Gasteiger partial charge in [-0.3, -0.25) is 0 Å². The van der Waals surface area contributed by atoms with Crippen molar-refractivity contribution in [2.24, 2.45) is 0 Å². The van der Waals surface area contributed by atoms with Crippen LogP contribution in [0.25, 0.3) is 0 Å². The van der Waals surface area contributed by atoms with E-state index in [1.54, 1.807) is 18.2 Å². The first-order valence-corrected chi connectivity index (χ1v) is 7.60. The highest BCUT2D eigenvalue weighted by molar-refractivity contribution is 5.96. The number of quaternary nitrogens is 1. The first-order valence-electron chi connectivity index (χ1n) is 7.60. The minimum atomic E-state index is -3.12. The molecule has 0 aromatic heterocycles. The van der Waals surface area contributed by atoms with Gasteiger partial charge in [0.05, 0.1) is 11.3 Å². The van der Waals surface area contributed by atoms with E-state index in [0.717, 1.165) is 16.8 Å². The fourth-order valence-electron chi connectivity index (χ4n) is 2.12. The summed E-state index contributed by atoms with van der Waals surface area (Å²) in [6.07, 6.45) is 0. The van der Waals surface area contributed by atoms with Gasteiger partial charge in [0.25, 0.3) is 0 Å².